The van der Waals surface area contributed by atoms with Crippen LogP contribution in [0.15, 0.2) is 42.6 Å². The van der Waals surface area contributed by atoms with Gasteiger partial charge >= 0.3 is 6.09 Å². The Morgan fingerprint density at radius 1 is 1.06 bits per heavy atom. The molecule has 0 saturated carbocycles. The number of rotatable bonds is 5. The van der Waals surface area contributed by atoms with Crippen LogP contribution in [-0.2, 0) is 6.61 Å². The molecule has 3 heterocycles. The molecule has 1 aliphatic heterocycles. The second kappa shape index (κ2) is 9.78. The van der Waals surface area contributed by atoms with E-state index in [4.69, 9.17) is 33.0 Å². The maximum absolute atomic E-state index is 14.8. The van der Waals surface area contributed by atoms with Crippen LogP contribution in [0.3, 0.4) is 0 Å². The molecular formula is C22H19Cl2FN4O4. The first kappa shape index (κ1) is 23.0. The van der Waals surface area contributed by atoms with Crippen LogP contribution in [0.25, 0.3) is 11.3 Å². The van der Waals surface area contributed by atoms with Gasteiger partial charge in [0, 0.05) is 53.9 Å². The molecule has 0 atom stereocenters. The summed E-state index contributed by atoms with van der Waals surface area (Å²) >= 11 is 12.2. The molecule has 0 bridgehead atoms. The number of ether oxygens (including phenoxy) is 1. The minimum Gasteiger partial charge on any atom is -0.465 e. The number of hydrogen-bond donors (Lipinski definition) is 2. The Bertz CT molecular complexity index is 1170. The number of pyridine rings is 2. The average molecular weight is 493 g/mol. The lowest BCUT2D eigenvalue weighted by Gasteiger charge is -2.33. The average Bonchev–Trinajstić information content (AvgIpc) is 2.78. The normalized spacial score (nSPS) is 13.8. The van der Waals surface area contributed by atoms with Crippen molar-refractivity contribution in [2.24, 2.45) is 0 Å². The first-order valence-electron chi connectivity index (χ1n) is 9.97. The smallest absolute Gasteiger partial charge is 0.407 e. The first-order valence-corrected chi connectivity index (χ1v) is 10.7. The molecule has 1 amide bonds. The van der Waals surface area contributed by atoms with Gasteiger partial charge in [0.25, 0.3) is 0 Å². The van der Waals surface area contributed by atoms with Crippen LogP contribution in [0.4, 0.5) is 15.0 Å². The van der Waals surface area contributed by atoms with E-state index in [0.29, 0.717) is 40.0 Å². The largest absolute Gasteiger partial charge is 0.465 e. The summed E-state index contributed by atoms with van der Waals surface area (Å²) in [5, 5.41) is 19.5. The number of amides is 1. The zero-order chi connectivity index (χ0) is 23.5. The Morgan fingerprint density at radius 2 is 1.76 bits per heavy atom. The molecule has 0 aliphatic carbocycles. The summed E-state index contributed by atoms with van der Waals surface area (Å²) in [5.74, 6) is -0.218. The third kappa shape index (κ3) is 5.44. The minimum atomic E-state index is -0.996. The van der Waals surface area contributed by atoms with E-state index >= 15 is 0 Å². The first-order chi connectivity index (χ1) is 15.8. The highest BCUT2D eigenvalue weighted by molar-refractivity contribution is 6.35. The van der Waals surface area contributed by atoms with Gasteiger partial charge in [-0.05, 0) is 29.8 Å². The van der Waals surface area contributed by atoms with Crippen LogP contribution in [0.5, 0.6) is 11.6 Å². The third-order valence-electron chi connectivity index (χ3n) is 5.07. The summed E-state index contributed by atoms with van der Waals surface area (Å²) in [6.07, 6.45) is 0.370. The van der Waals surface area contributed by atoms with E-state index in [2.05, 4.69) is 9.97 Å². The highest BCUT2D eigenvalue weighted by Crippen LogP contribution is 2.31. The molecule has 2 aromatic heterocycles. The Kier molecular flexibility index (Phi) is 6.83. The highest BCUT2D eigenvalue weighted by atomic mass is 35.5. The van der Waals surface area contributed by atoms with E-state index in [9.17, 15) is 14.3 Å². The summed E-state index contributed by atoms with van der Waals surface area (Å²) < 4.78 is 20.5. The Labute approximate surface area is 198 Å². The standard InChI is InChI=1S/C22H19Cl2FN4O4/c23-15-7-14(8-16(24)9-15)19-5-13(12-30)6-20(27-19)33-17-10-18(25)21(26-11-17)28-1-3-29(4-2-28)22(31)32/h5-11,30H,1-4,12H2,(H,31,32). The number of halogens is 3. The van der Waals surface area contributed by atoms with E-state index in [-0.39, 0.29) is 37.1 Å². The second-order valence-corrected chi connectivity index (χ2v) is 8.22. The van der Waals surface area contributed by atoms with Gasteiger partial charge in [-0.15, -0.1) is 0 Å². The predicted molar refractivity (Wildman–Crippen MR) is 122 cm³/mol. The highest BCUT2D eigenvalue weighted by Gasteiger charge is 2.23. The fraction of sp³-hybridized carbons (Fsp3) is 0.227. The van der Waals surface area contributed by atoms with Gasteiger partial charge in [-0.25, -0.2) is 19.2 Å². The topological polar surface area (TPSA) is 99.0 Å². The maximum Gasteiger partial charge on any atom is 0.407 e. The fourth-order valence-corrected chi connectivity index (χ4v) is 4.01. The van der Waals surface area contributed by atoms with Crippen LogP contribution >= 0.6 is 23.2 Å². The lowest BCUT2D eigenvalue weighted by Crippen LogP contribution is -2.48. The number of nitrogens with zero attached hydrogens (tertiary/aromatic N) is 4. The van der Waals surface area contributed by atoms with Crippen LogP contribution in [0.1, 0.15) is 5.56 Å². The lowest BCUT2D eigenvalue weighted by molar-refractivity contribution is 0.142. The van der Waals surface area contributed by atoms with Crippen molar-refractivity contribution in [3.05, 3.63) is 64.0 Å². The third-order valence-corrected chi connectivity index (χ3v) is 5.51. The molecule has 11 heteroatoms. The van der Waals surface area contributed by atoms with Crippen molar-refractivity contribution < 1.29 is 24.1 Å². The number of benzene rings is 1. The van der Waals surface area contributed by atoms with Gasteiger partial charge < -0.3 is 24.7 Å². The molecule has 1 saturated heterocycles. The van der Waals surface area contributed by atoms with Crippen LogP contribution in [0, 0.1) is 5.82 Å². The fourth-order valence-electron chi connectivity index (χ4n) is 3.48. The van der Waals surface area contributed by atoms with Crippen molar-refractivity contribution >= 4 is 35.1 Å². The summed E-state index contributed by atoms with van der Waals surface area (Å²) in [6, 6.07) is 9.36. The molecule has 4 rings (SSSR count). The van der Waals surface area contributed by atoms with Crippen molar-refractivity contribution in [1.82, 2.24) is 14.9 Å². The van der Waals surface area contributed by atoms with E-state index in [0.717, 1.165) is 0 Å². The van der Waals surface area contributed by atoms with Crippen LogP contribution < -0.4 is 9.64 Å². The van der Waals surface area contributed by atoms with Crippen molar-refractivity contribution in [2.75, 3.05) is 31.1 Å². The summed E-state index contributed by atoms with van der Waals surface area (Å²) in [6.45, 7) is 0.948. The molecule has 1 fully saturated rings. The summed E-state index contributed by atoms with van der Waals surface area (Å²) in [7, 11) is 0. The number of carboxylic acid groups (broad SMARTS) is 1. The molecule has 0 radical (unpaired) electrons. The molecule has 0 spiro atoms. The predicted octanol–water partition coefficient (Wildman–Crippen LogP) is 4.67. The Morgan fingerprint density at radius 3 is 2.36 bits per heavy atom. The van der Waals surface area contributed by atoms with Gasteiger partial charge in [-0.1, -0.05) is 23.2 Å². The number of aromatic nitrogens is 2. The zero-order valence-corrected chi connectivity index (χ0v) is 18.7. The quantitative estimate of drug-likeness (QED) is 0.533. The SMILES string of the molecule is O=C(O)N1CCN(c2ncc(Oc3cc(CO)cc(-c4cc(Cl)cc(Cl)c4)n3)cc2F)CC1. The van der Waals surface area contributed by atoms with Crippen LogP contribution in [0.2, 0.25) is 10.0 Å². The van der Waals surface area contributed by atoms with Gasteiger partial charge in [-0.2, -0.15) is 0 Å². The number of piperazine rings is 1. The van der Waals surface area contributed by atoms with E-state index in [1.165, 1.54) is 23.2 Å². The lowest BCUT2D eigenvalue weighted by atomic mass is 10.1. The number of carbonyl (C=O) groups is 1. The number of aliphatic hydroxyl groups is 1. The van der Waals surface area contributed by atoms with Crippen LogP contribution in [-0.4, -0.2) is 57.4 Å². The molecule has 0 unspecified atom stereocenters. The number of anilines is 1. The molecule has 8 nitrogen and oxygen atoms in total. The van der Waals surface area contributed by atoms with Crippen molar-refractivity contribution in [1.29, 1.82) is 0 Å². The monoisotopic (exact) mass is 492 g/mol. The number of hydrogen-bond acceptors (Lipinski definition) is 6. The maximum atomic E-state index is 14.8. The van der Waals surface area contributed by atoms with E-state index < -0.39 is 11.9 Å². The van der Waals surface area contributed by atoms with Gasteiger partial charge in [0.15, 0.2) is 17.4 Å². The van der Waals surface area contributed by atoms with Gasteiger partial charge in [-0.3, -0.25) is 0 Å². The zero-order valence-electron chi connectivity index (χ0n) is 17.2. The minimum absolute atomic E-state index is 0.123. The van der Waals surface area contributed by atoms with Crippen molar-refractivity contribution in [3.63, 3.8) is 0 Å². The summed E-state index contributed by atoms with van der Waals surface area (Å²) in [4.78, 5) is 22.6. The molecule has 3 aromatic rings. The Hall–Kier alpha value is -3.14. The molecule has 2 N–H and O–H groups in total. The van der Waals surface area contributed by atoms with E-state index in [1.807, 2.05) is 0 Å². The molecule has 33 heavy (non-hydrogen) atoms. The molecule has 1 aliphatic rings. The van der Waals surface area contributed by atoms with Crippen molar-refractivity contribution in [3.8, 4) is 22.9 Å². The van der Waals surface area contributed by atoms with Crippen molar-refractivity contribution in [2.45, 2.75) is 6.61 Å². The number of aliphatic hydroxyl groups excluding tert-OH is 1. The molecule has 172 valence electrons. The summed E-state index contributed by atoms with van der Waals surface area (Å²) in [5.41, 5.74) is 1.64. The van der Waals surface area contributed by atoms with Gasteiger partial charge in [0.2, 0.25) is 5.88 Å². The molecule has 1 aromatic carbocycles. The Balaban J connectivity index is 1.55. The van der Waals surface area contributed by atoms with E-state index in [1.54, 1.807) is 29.2 Å². The van der Waals surface area contributed by atoms with Gasteiger partial charge in [0.1, 0.15) is 0 Å². The second-order valence-electron chi connectivity index (χ2n) is 7.35. The molecular weight excluding hydrogens is 474 g/mol. The van der Waals surface area contributed by atoms with Gasteiger partial charge in [0.05, 0.1) is 18.5 Å².